The first kappa shape index (κ1) is 47.2. The lowest BCUT2D eigenvalue weighted by atomic mass is 9.99. The van der Waals surface area contributed by atoms with E-state index in [0.29, 0.717) is 28.6 Å². The van der Waals surface area contributed by atoms with Crippen molar-refractivity contribution in [2.75, 3.05) is 0 Å². The Hall–Kier alpha value is -10.6. The first-order chi connectivity index (χ1) is 38.5. The van der Waals surface area contributed by atoms with E-state index < -0.39 is 8.07 Å². The van der Waals surface area contributed by atoms with Gasteiger partial charge < -0.3 is 4.57 Å². The van der Waals surface area contributed by atoms with E-state index >= 15 is 0 Å². The van der Waals surface area contributed by atoms with Crippen molar-refractivity contribution in [1.82, 2.24) is 19.5 Å². The van der Waals surface area contributed by atoms with Crippen molar-refractivity contribution in [2.45, 2.75) is 0 Å². The van der Waals surface area contributed by atoms with E-state index in [1.54, 1.807) is 0 Å². The number of nitrogens with zero attached hydrogens (tertiary/aromatic N) is 6. The van der Waals surface area contributed by atoms with E-state index in [0.717, 1.165) is 77.6 Å². The Morgan fingerprint density at radius 2 is 0.654 bits per heavy atom. The normalized spacial score (nSPS) is 11.3. The third kappa shape index (κ3) is 8.53. The van der Waals surface area contributed by atoms with Crippen molar-refractivity contribution >= 4 is 50.6 Å². The molecule has 6 nitrogen and oxygen atoms in total. The minimum Gasteiger partial charge on any atom is -0.308 e. The zero-order valence-corrected chi connectivity index (χ0v) is 43.2. The van der Waals surface area contributed by atoms with Gasteiger partial charge in [-0.25, -0.2) is 15.0 Å². The van der Waals surface area contributed by atoms with Crippen LogP contribution in [0, 0.1) is 22.7 Å². The topological polar surface area (TPSA) is 91.2 Å². The molecule has 0 aliphatic carbocycles. The van der Waals surface area contributed by atoms with Gasteiger partial charge >= 0.3 is 0 Å². The summed E-state index contributed by atoms with van der Waals surface area (Å²) in [5, 5.41) is 27.0. The zero-order valence-electron chi connectivity index (χ0n) is 42.2. The number of fused-ring (bicyclic) bond motifs is 3. The minimum absolute atomic E-state index is 0.530. The molecule has 13 aromatic rings. The van der Waals surface area contributed by atoms with Gasteiger partial charge in [0, 0.05) is 27.5 Å². The van der Waals surface area contributed by atoms with Crippen LogP contribution in [0.15, 0.2) is 279 Å². The molecule has 0 atom stereocenters. The van der Waals surface area contributed by atoms with Crippen molar-refractivity contribution < 1.29 is 0 Å². The number of hydrogen-bond acceptors (Lipinski definition) is 5. The summed E-state index contributed by atoms with van der Waals surface area (Å²) in [6, 6.07) is 102. The lowest BCUT2D eigenvalue weighted by Gasteiger charge is -2.34. The van der Waals surface area contributed by atoms with Crippen molar-refractivity contribution in [2.24, 2.45) is 0 Å². The van der Waals surface area contributed by atoms with Gasteiger partial charge in [-0.1, -0.05) is 218 Å². The molecular formula is C71H46N6Si. The molecule has 78 heavy (non-hydrogen) atoms. The molecule has 0 bridgehead atoms. The molecule has 2 heterocycles. The van der Waals surface area contributed by atoms with Crippen molar-refractivity contribution in [3.63, 3.8) is 0 Å². The third-order valence-electron chi connectivity index (χ3n) is 14.8. The average molecular weight is 1010 g/mol. The highest BCUT2D eigenvalue weighted by Gasteiger charge is 2.41. The molecule has 0 aliphatic rings. The molecule has 7 heteroatoms. The van der Waals surface area contributed by atoms with Gasteiger partial charge in [-0.15, -0.1) is 0 Å². The molecule has 0 saturated carbocycles. The van der Waals surface area contributed by atoms with Gasteiger partial charge in [0.25, 0.3) is 0 Å². The molecule has 0 radical (unpaired) electrons. The third-order valence-corrected chi connectivity index (χ3v) is 19.6. The van der Waals surface area contributed by atoms with E-state index in [-0.39, 0.29) is 0 Å². The van der Waals surface area contributed by atoms with Crippen LogP contribution in [0.1, 0.15) is 11.1 Å². The molecule has 0 unspecified atom stereocenters. The zero-order chi connectivity index (χ0) is 52.4. The second-order valence-electron chi connectivity index (χ2n) is 19.4. The second-order valence-corrected chi connectivity index (χ2v) is 23.2. The van der Waals surface area contributed by atoms with Crippen LogP contribution in [0.4, 0.5) is 0 Å². The van der Waals surface area contributed by atoms with Crippen LogP contribution in [0.2, 0.25) is 0 Å². The van der Waals surface area contributed by atoms with Crippen molar-refractivity contribution in [3.05, 3.63) is 290 Å². The molecule has 0 N–H and O–H groups in total. The Bertz CT molecular complexity index is 4180. The van der Waals surface area contributed by atoms with E-state index in [2.05, 4.69) is 187 Å². The summed E-state index contributed by atoms with van der Waals surface area (Å²) >= 11 is 0. The van der Waals surface area contributed by atoms with Gasteiger partial charge in [0.2, 0.25) is 0 Å². The van der Waals surface area contributed by atoms with Gasteiger partial charge in [0.15, 0.2) is 25.5 Å². The Labute approximate surface area is 453 Å². The first-order valence-electron chi connectivity index (χ1n) is 25.9. The minimum atomic E-state index is -2.89. The van der Waals surface area contributed by atoms with Crippen LogP contribution in [0.3, 0.4) is 0 Å². The first-order valence-corrected chi connectivity index (χ1v) is 27.9. The fourth-order valence-corrected chi connectivity index (χ4v) is 16.0. The van der Waals surface area contributed by atoms with Crippen LogP contribution in [-0.2, 0) is 0 Å². The van der Waals surface area contributed by atoms with Crippen LogP contribution in [0.5, 0.6) is 0 Å². The summed E-state index contributed by atoms with van der Waals surface area (Å²) in [5.41, 5.74) is 12.6. The van der Waals surface area contributed by atoms with Crippen molar-refractivity contribution in [3.8, 4) is 85.4 Å². The lowest BCUT2D eigenvalue weighted by Crippen LogP contribution is -2.74. The van der Waals surface area contributed by atoms with Gasteiger partial charge in [-0.2, -0.15) is 10.5 Å². The van der Waals surface area contributed by atoms with Crippen LogP contribution in [-0.4, -0.2) is 27.6 Å². The maximum atomic E-state index is 9.91. The maximum absolute atomic E-state index is 9.91. The summed E-state index contributed by atoms with van der Waals surface area (Å²) in [6.07, 6.45) is 0. The second kappa shape index (κ2) is 20.3. The standard InChI is InChI=1S/C71H46N6Si/c72-47-49-19-16-25-53(41-49)56-35-38-66-63(44-56)64-45-57(54-26-17-20-50(42-54)48-73)36-39-67(64)77(66)68-40-37-58(46-65(68)71-75-69(51-21-6-1-7-22-51)74-70(76-71)52-23-8-2-9-24-52)55-27-18-34-62(43-55)78(59-28-10-3-11-29-59,60-30-12-4-13-31-60)61-32-14-5-15-33-61/h1-46H. The predicted octanol–water partition coefficient (Wildman–Crippen LogP) is 14.1. The largest absolute Gasteiger partial charge is 0.308 e. The number of hydrogen-bond donors (Lipinski definition) is 0. The van der Waals surface area contributed by atoms with E-state index in [1.807, 2.05) is 109 Å². The molecule has 11 aromatic carbocycles. The highest BCUT2D eigenvalue weighted by molar-refractivity contribution is 7.19. The molecule has 0 amide bonds. The molecule has 0 fully saturated rings. The van der Waals surface area contributed by atoms with Crippen molar-refractivity contribution in [1.29, 1.82) is 10.5 Å². The smallest absolute Gasteiger partial charge is 0.179 e. The quantitative estimate of drug-likeness (QED) is 0.0951. The average Bonchev–Trinajstić information content (AvgIpc) is 3.95. The molecular weight excluding hydrogens is 965 g/mol. The molecule has 2 aromatic heterocycles. The molecule has 13 rings (SSSR count). The van der Waals surface area contributed by atoms with Gasteiger partial charge in [-0.05, 0) is 115 Å². The SMILES string of the molecule is N#Cc1cccc(-c2ccc3c(c2)c2cc(-c4cccc(C#N)c4)ccc2n3-c2ccc(-c3cccc([Si](c4ccccc4)(c4ccccc4)c4ccccc4)c3)cc2-c2nc(-c3ccccc3)nc(-c3ccccc3)n2)c1. The molecule has 0 spiro atoms. The Morgan fingerprint density at radius 1 is 0.295 bits per heavy atom. The lowest BCUT2D eigenvalue weighted by molar-refractivity contribution is 1.06. The predicted molar refractivity (Wildman–Crippen MR) is 320 cm³/mol. The van der Waals surface area contributed by atoms with Crippen LogP contribution < -0.4 is 20.7 Å². The van der Waals surface area contributed by atoms with E-state index in [9.17, 15) is 10.5 Å². The van der Waals surface area contributed by atoms with E-state index in [4.69, 9.17) is 15.0 Å². The summed E-state index contributed by atoms with van der Waals surface area (Å²) in [7, 11) is -2.89. The highest BCUT2D eigenvalue weighted by Crippen LogP contribution is 2.41. The van der Waals surface area contributed by atoms with Crippen LogP contribution in [0.25, 0.3) is 95.0 Å². The Kier molecular flexibility index (Phi) is 12.3. The maximum Gasteiger partial charge on any atom is 0.179 e. The highest BCUT2D eigenvalue weighted by atomic mass is 28.3. The molecule has 0 aliphatic heterocycles. The van der Waals surface area contributed by atoms with Gasteiger partial charge in [0.1, 0.15) is 0 Å². The number of nitriles is 2. The Morgan fingerprint density at radius 3 is 1.12 bits per heavy atom. The van der Waals surface area contributed by atoms with Gasteiger partial charge in [-0.3, -0.25) is 0 Å². The number of benzene rings is 11. The molecule has 0 saturated heterocycles. The summed E-state index contributed by atoms with van der Waals surface area (Å²) in [5.74, 6) is 1.66. The fourth-order valence-electron chi connectivity index (χ4n) is 11.2. The molecule has 364 valence electrons. The van der Waals surface area contributed by atoms with E-state index in [1.165, 1.54) is 20.7 Å². The monoisotopic (exact) mass is 1010 g/mol. The fraction of sp³-hybridized carbons (Fsp3) is 0. The summed E-state index contributed by atoms with van der Waals surface area (Å²) in [4.78, 5) is 15.9. The van der Waals surface area contributed by atoms with Crippen LogP contribution >= 0.6 is 0 Å². The summed E-state index contributed by atoms with van der Waals surface area (Å²) in [6.45, 7) is 0. The number of rotatable bonds is 11. The Balaban J connectivity index is 1.09. The number of aromatic nitrogens is 4. The van der Waals surface area contributed by atoms with Gasteiger partial charge in [0.05, 0.1) is 40.0 Å². The summed E-state index contributed by atoms with van der Waals surface area (Å²) < 4.78 is 2.33.